The summed E-state index contributed by atoms with van der Waals surface area (Å²) in [5.41, 5.74) is 4.23. The summed E-state index contributed by atoms with van der Waals surface area (Å²) in [6.07, 6.45) is 5.85. The number of piperazine rings is 1. The van der Waals surface area contributed by atoms with Crippen LogP contribution in [0.4, 0.5) is 24.5 Å². The van der Waals surface area contributed by atoms with Crippen molar-refractivity contribution in [1.29, 1.82) is 0 Å². The van der Waals surface area contributed by atoms with Crippen molar-refractivity contribution in [2.75, 3.05) is 70.3 Å². The molecule has 0 bridgehead atoms. The normalized spacial score (nSPS) is 14.8. The fourth-order valence-corrected chi connectivity index (χ4v) is 7.12. The van der Waals surface area contributed by atoms with Crippen LogP contribution in [0.3, 0.4) is 0 Å². The quantitative estimate of drug-likeness (QED) is 0.216. The summed E-state index contributed by atoms with van der Waals surface area (Å²) in [5, 5.41) is 12.5. The molecule has 0 atom stereocenters. The zero-order valence-corrected chi connectivity index (χ0v) is 32.0. The van der Waals surface area contributed by atoms with Gasteiger partial charge in [-0.2, -0.15) is 0 Å². The molecule has 0 saturated carbocycles. The number of phenols is 1. The van der Waals surface area contributed by atoms with Crippen LogP contribution in [-0.4, -0.2) is 90.3 Å². The molecule has 2 aliphatic heterocycles. The maximum absolute atomic E-state index is 14.1. The lowest BCUT2D eigenvalue weighted by molar-refractivity contribution is 0.249. The van der Waals surface area contributed by atoms with Gasteiger partial charge in [-0.15, -0.1) is 12.4 Å². The summed E-state index contributed by atoms with van der Waals surface area (Å²) in [5.74, 6) is -3.50. The Labute approximate surface area is 327 Å². The SMILES string of the molecule is COc1ccc(-c2cc(=O)n3cc(N4CCC(N(C)C)CC4)ccc3c2)cc1F.Cl.O=c1cc(-c2cc(F)c(O)c(F)c2)nc2ccc(N3CCNCC3)cn12. The Hall–Kier alpha value is -5.57. The van der Waals surface area contributed by atoms with Gasteiger partial charge in [-0.1, -0.05) is 6.07 Å². The van der Waals surface area contributed by atoms with Crippen molar-refractivity contribution in [3.05, 3.63) is 123 Å². The van der Waals surface area contributed by atoms with E-state index in [1.165, 1.54) is 23.6 Å². The molecule has 56 heavy (non-hydrogen) atoms. The van der Waals surface area contributed by atoms with Gasteiger partial charge in [0, 0.05) is 80.9 Å². The Morgan fingerprint density at radius 1 is 0.732 bits per heavy atom. The molecule has 11 nitrogen and oxygen atoms in total. The van der Waals surface area contributed by atoms with Gasteiger partial charge in [-0.05, 0) is 92.7 Å². The van der Waals surface area contributed by atoms with E-state index in [1.807, 2.05) is 24.4 Å². The van der Waals surface area contributed by atoms with Gasteiger partial charge in [0.15, 0.2) is 29.0 Å². The molecule has 0 spiro atoms. The second-order valence-electron chi connectivity index (χ2n) is 13.9. The first-order valence-corrected chi connectivity index (χ1v) is 18.1. The highest BCUT2D eigenvalue weighted by atomic mass is 35.5. The Balaban J connectivity index is 0.000000188. The minimum absolute atomic E-state index is 0. The van der Waals surface area contributed by atoms with Crippen LogP contribution in [0.5, 0.6) is 11.5 Å². The van der Waals surface area contributed by atoms with Crippen molar-refractivity contribution in [1.82, 2.24) is 24.0 Å². The summed E-state index contributed by atoms with van der Waals surface area (Å²) in [7, 11) is 5.69. The predicted octanol–water partition coefficient (Wildman–Crippen LogP) is 5.82. The van der Waals surface area contributed by atoms with Crippen LogP contribution in [0.25, 0.3) is 33.5 Å². The number of benzene rings is 2. The molecule has 0 unspecified atom stereocenters. The molecule has 8 rings (SSSR count). The number of phenolic OH excluding ortho intramolecular Hbond substituents is 1. The monoisotopic (exact) mass is 789 g/mol. The topological polar surface area (TPSA) is 107 Å². The van der Waals surface area contributed by atoms with Crippen molar-refractivity contribution >= 4 is 34.9 Å². The number of fused-ring (bicyclic) bond motifs is 2. The predicted molar refractivity (Wildman–Crippen MR) is 215 cm³/mol. The number of rotatable bonds is 6. The third-order valence-corrected chi connectivity index (χ3v) is 10.3. The van der Waals surface area contributed by atoms with Crippen molar-refractivity contribution in [2.24, 2.45) is 0 Å². The highest BCUT2D eigenvalue weighted by Gasteiger charge is 2.21. The van der Waals surface area contributed by atoms with E-state index in [-0.39, 0.29) is 40.5 Å². The van der Waals surface area contributed by atoms with Crippen LogP contribution < -0.4 is 31.0 Å². The molecule has 2 aliphatic rings. The second kappa shape index (κ2) is 17.1. The van der Waals surface area contributed by atoms with E-state index in [2.05, 4.69) is 45.2 Å². The average Bonchev–Trinajstić information content (AvgIpc) is 3.20. The summed E-state index contributed by atoms with van der Waals surface area (Å²) in [6, 6.07) is 19.5. The Kier molecular flexibility index (Phi) is 12.2. The van der Waals surface area contributed by atoms with Crippen LogP contribution >= 0.6 is 12.4 Å². The van der Waals surface area contributed by atoms with E-state index < -0.39 is 23.2 Å². The number of piperidine rings is 1. The lowest BCUT2D eigenvalue weighted by Gasteiger charge is -2.36. The molecule has 2 fully saturated rings. The zero-order chi connectivity index (χ0) is 38.8. The maximum atomic E-state index is 14.1. The summed E-state index contributed by atoms with van der Waals surface area (Å²) in [4.78, 5) is 36.4. The fraction of sp³-hybridized carbons (Fsp3) is 0.293. The molecule has 0 amide bonds. The van der Waals surface area contributed by atoms with Gasteiger partial charge in [0.1, 0.15) is 5.65 Å². The van der Waals surface area contributed by atoms with Gasteiger partial charge < -0.3 is 29.9 Å². The van der Waals surface area contributed by atoms with E-state index in [9.17, 15) is 27.9 Å². The molecular weight excluding hydrogens is 747 g/mol. The fourth-order valence-electron chi connectivity index (χ4n) is 7.12. The molecule has 15 heteroatoms. The molecule has 4 aromatic heterocycles. The van der Waals surface area contributed by atoms with Crippen LogP contribution in [0, 0.1) is 17.5 Å². The smallest absolute Gasteiger partial charge is 0.258 e. The van der Waals surface area contributed by atoms with Crippen LogP contribution in [0.15, 0.2) is 94.8 Å². The Morgan fingerprint density at radius 3 is 1.98 bits per heavy atom. The van der Waals surface area contributed by atoms with Crippen molar-refractivity contribution in [3.8, 4) is 33.9 Å². The number of methoxy groups -OCH3 is 1. The third kappa shape index (κ3) is 8.47. The average molecular weight is 790 g/mol. The summed E-state index contributed by atoms with van der Waals surface area (Å²) in [6.45, 7) is 5.40. The number of aromatic hydroxyl groups is 1. The van der Waals surface area contributed by atoms with Gasteiger partial charge >= 0.3 is 0 Å². The zero-order valence-electron chi connectivity index (χ0n) is 31.2. The molecule has 0 radical (unpaired) electrons. The molecule has 2 N–H and O–H groups in total. The maximum Gasteiger partial charge on any atom is 0.258 e. The van der Waals surface area contributed by atoms with Crippen molar-refractivity contribution in [3.63, 3.8) is 0 Å². The molecule has 294 valence electrons. The lowest BCUT2D eigenvalue weighted by Crippen LogP contribution is -2.43. The first-order valence-electron chi connectivity index (χ1n) is 18.1. The highest BCUT2D eigenvalue weighted by Crippen LogP contribution is 2.29. The van der Waals surface area contributed by atoms with Crippen LogP contribution in [-0.2, 0) is 0 Å². The number of nitrogens with zero attached hydrogens (tertiary/aromatic N) is 6. The highest BCUT2D eigenvalue weighted by molar-refractivity contribution is 5.85. The lowest BCUT2D eigenvalue weighted by atomic mass is 10.0. The van der Waals surface area contributed by atoms with Gasteiger partial charge in [0.05, 0.1) is 24.2 Å². The number of anilines is 2. The van der Waals surface area contributed by atoms with Gasteiger partial charge in [-0.25, -0.2) is 18.2 Å². The van der Waals surface area contributed by atoms with Gasteiger partial charge in [-0.3, -0.25) is 18.4 Å². The van der Waals surface area contributed by atoms with E-state index in [4.69, 9.17) is 4.74 Å². The second-order valence-corrected chi connectivity index (χ2v) is 13.9. The van der Waals surface area contributed by atoms with Crippen LogP contribution in [0.2, 0.25) is 0 Å². The number of halogens is 4. The number of nitrogens with one attached hydrogen (secondary N) is 1. The molecule has 0 aliphatic carbocycles. The number of aromatic nitrogens is 3. The van der Waals surface area contributed by atoms with Gasteiger partial charge in [0.25, 0.3) is 11.1 Å². The summed E-state index contributed by atoms with van der Waals surface area (Å²) < 4.78 is 49.3. The number of pyridine rings is 3. The third-order valence-electron chi connectivity index (χ3n) is 10.3. The molecular formula is C41H43ClF3N7O4. The molecule has 2 saturated heterocycles. The first-order chi connectivity index (χ1) is 26.5. The number of ether oxygens (including phenoxy) is 1. The molecule has 2 aromatic carbocycles. The van der Waals surface area contributed by atoms with E-state index >= 15 is 0 Å². The van der Waals surface area contributed by atoms with Crippen molar-refractivity contribution in [2.45, 2.75) is 18.9 Å². The largest absolute Gasteiger partial charge is 0.503 e. The van der Waals surface area contributed by atoms with E-state index in [0.29, 0.717) is 22.8 Å². The van der Waals surface area contributed by atoms with E-state index in [1.54, 1.807) is 34.9 Å². The Bertz CT molecular complexity index is 2460. The summed E-state index contributed by atoms with van der Waals surface area (Å²) >= 11 is 0. The first kappa shape index (κ1) is 40.1. The van der Waals surface area contributed by atoms with Crippen LogP contribution in [0.1, 0.15) is 12.8 Å². The standard InChI is InChI=1S/C23H26FN3O2.C18H16F2N4O2.ClH/c1-25(2)18-8-10-26(11-9-18)20-6-5-19-12-17(14-23(28)27(19)15-20)16-4-7-22(29-3)21(24)13-16;19-13-7-11(8-14(20)18(13)26)15-9-17(25)24-10-12(1-2-16(24)22-15)23-5-3-21-4-6-23;/h4-7,12-15,18H,8-11H2,1-3H3;1-2,7-10,21,26H,3-6H2;1H. The van der Waals surface area contributed by atoms with Crippen molar-refractivity contribution < 1.29 is 23.0 Å². The minimum Gasteiger partial charge on any atom is -0.503 e. The molecule has 6 heterocycles. The number of hydrogen-bond acceptors (Lipinski definition) is 9. The minimum atomic E-state index is -1.10. The number of hydrogen-bond donors (Lipinski definition) is 2. The van der Waals surface area contributed by atoms with E-state index in [0.717, 1.165) is 81.1 Å². The molecule has 6 aromatic rings. The Morgan fingerprint density at radius 2 is 1.34 bits per heavy atom. The van der Waals surface area contributed by atoms with Gasteiger partial charge in [0.2, 0.25) is 0 Å².